The third kappa shape index (κ3) is 12.5. The van der Waals surface area contributed by atoms with Gasteiger partial charge in [-0.15, -0.1) is 26.3 Å². The number of benzene rings is 2. The van der Waals surface area contributed by atoms with Crippen LogP contribution in [0.25, 0.3) is 33.9 Å². The second kappa shape index (κ2) is 20.9. The van der Waals surface area contributed by atoms with Gasteiger partial charge in [-0.05, 0) is 65.3 Å². The van der Waals surface area contributed by atoms with E-state index in [1.807, 2.05) is 4.93 Å². The number of halogens is 7. The van der Waals surface area contributed by atoms with E-state index in [4.69, 9.17) is 9.47 Å². The predicted octanol–water partition coefficient (Wildman–Crippen LogP) is 6.10. The minimum Gasteiger partial charge on any atom is -0.466 e. The summed E-state index contributed by atoms with van der Waals surface area (Å²) in [6, 6.07) is 12.4. The van der Waals surface area contributed by atoms with Crippen LogP contribution in [0.4, 0.5) is 26.3 Å². The lowest BCUT2D eigenvalue weighted by Gasteiger charge is -2.11. The lowest BCUT2D eigenvalue weighted by atomic mass is 10.0. The Morgan fingerprint density at radius 2 is 1.14 bits per heavy atom. The number of rotatable bonds is 12. The zero-order chi connectivity index (χ0) is 47.0. The summed E-state index contributed by atoms with van der Waals surface area (Å²) in [5.41, 5.74) is 1.14. The Hall–Kier alpha value is -6.07. The number of aromatic nitrogens is 5. The van der Waals surface area contributed by atoms with Gasteiger partial charge in [0.05, 0.1) is 30.1 Å². The zero-order valence-corrected chi connectivity index (χ0v) is 36.8. The van der Waals surface area contributed by atoms with Crippen LogP contribution in [-0.2, 0) is 59.7 Å². The van der Waals surface area contributed by atoms with Crippen molar-refractivity contribution in [3.05, 3.63) is 113 Å². The van der Waals surface area contributed by atoms with Gasteiger partial charge >= 0.3 is 36.0 Å². The Morgan fingerprint density at radius 3 is 1.65 bits per heavy atom. The van der Waals surface area contributed by atoms with E-state index in [-0.39, 0.29) is 50.4 Å². The monoisotopic (exact) mass is 1010 g/mol. The van der Waals surface area contributed by atoms with Crippen molar-refractivity contribution >= 4 is 57.2 Å². The highest BCUT2D eigenvalue weighted by Crippen LogP contribution is 2.33. The molecule has 0 saturated heterocycles. The summed E-state index contributed by atoms with van der Waals surface area (Å²) in [7, 11) is 4.61. The second-order valence-corrected chi connectivity index (χ2v) is 13.7. The number of esters is 2. The first-order valence-corrected chi connectivity index (χ1v) is 20.9. The summed E-state index contributed by atoms with van der Waals surface area (Å²) in [6.07, 6.45) is -7.29. The number of nitrogens with zero attached hydrogens (tertiary/aromatic N) is 5. The van der Waals surface area contributed by atoms with E-state index in [9.17, 15) is 55.1 Å². The van der Waals surface area contributed by atoms with E-state index in [1.165, 1.54) is 78.0 Å². The van der Waals surface area contributed by atoms with Crippen molar-refractivity contribution in [2.75, 3.05) is 18.1 Å². The number of hydrogen-bond donors (Lipinski definition) is 0. The largest absolute Gasteiger partial charge is 0.573 e. The molecule has 2 aromatic carbocycles. The number of alkyl halides is 7. The first-order chi connectivity index (χ1) is 29.6. The fourth-order valence-electron chi connectivity index (χ4n) is 6.68. The van der Waals surface area contributed by atoms with Crippen LogP contribution >= 0.6 is 22.6 Å². The van der Waals surface area contributed by atoms with Crippen molar-refractivity contribution in [1.29, 1.82) is 0 Å². The molecule has 0 fully saturated rings. The van der Waals surface area contributed by atoms with Crippen LogP contribution in [0.2, 0.25) is 0 Å². The maximum absolute atomic E-state index is 13.0. The van der Waals surface area contributed by atoms with E-state index in [1.54, 1.807) is 31.3 Å². The van der Waals surface area contributed by atoms with Gasteiger partial charge in [0.25, 0.3) is 11.1 Å². The molecule has 0 radical (unpaired) electrons. The van der Waals surface area contributed by atoms with Crippen molar-refractivity contribution in [1.82, 2.24) is 22.8 Å². The smallest absolute Gasteiger partial charge is 0.466 e. The van der Waals surface area contributed by atoms with Crippen molar-refractivity contribution in [2.45, 2.75) is 58.9 Å². The topological polar surface area (TPSA) is 164 Å². The molecule has 0 atom stereocenters. The highest BCUT2D eigenvalue weighted by atomic mass is 127. The maximum Gasteiger partial charge on any atom is 0.573 e. The quantitative estimate of drug-likeness (QED) is 0.0469. The van der Waals surface area contributed by atoms with E-state index in [0.717, 1.165) is 9.13 Å². The van der Waals surface area contributed by atoms with Crippen molar-refractivity contribution in [3.8, 4) is 22.8 Å². The Bertz CT molecular complexity index is 2760. The van der Waals surface area contributed by atoms with Gasteiger partial charge in [0.1, 0.15) is 17.0 Å². The van der Waals surface area contributed by atoms with E-state index in [2.05, 4.69) is 32.1 Å². The molecule has 15 nitrogen and oxygen atoms in total. The molecule has 340 valence electrons. The summed E-state index contributed by atoms with van der Waals surface area (Å²) in [6.45, 7) is 2.80. The number of fused-ring (bicyclic) bond motifs is 2. The van der Waals surface area contributed by atoms with Crippen LogP contribution in [0.3, 0.4) is 0 Å². The highest BCUT2D eigenvalue weighted by molar-refractivity contribution is 14.1. The molecule has 0 unspecified atom stereocenters. The summed E-state index contributed by atoms with van der Waals surface area (Å²) >= 11 is 2.15. The van der Waals surface area contributed by atoms with Crippen molar-refractivity contribution in [2.24, 2.45) is 21.1 Å². The molecule has 0 bridgehead atoms. The molecule has 5 aromatic rings. The van der Waals surface area contributed by atoms with Crippen LogP contribution in [0.5, 0.6) is 11.5 Å². The van der Waals surface area contributed by atoms with Gasteiger partial charge < -0.3 is 23.5 Å². The Morgan fingerprint density at radius 1 is 0.667 bits per heavy atom. The number of ether oxygens (including phenoxy) is 4. The van der Waals surface area contributed by atoms with Gasteiger partial charge in [0.15, 0.2) is 0 Å². The highest BCUT2D eigenvalue weighted by Gasteiger charge is 2.32. The second-order valence-electron chi connectivity index (χ2n) is 13.7. The summed E-state index contributed by atoms with van der Waals surface area (Å²) in [5.74, 6) is -1.67. The summed E-state index contributed by atoms with van der Waals surface area (Å²) < 4.78 is 98.9. The molecule has 0 spiro atoms. The standard InChI is InChI=1S/C20H20F3N3O5.C20H19F3N2O5.CH3I/c1-12(27)30-9-5-8-26-18(28)17-16(25(3)19(26)29)11-15(24(17)2)13-6-4-7-14(10-13)31-20(21,22)23;1-12(26)29-8-4-7-25-18(27)16-10-14(11-17(16)24(2)19(25)28)13-5-3-6-15(9-13)30-20(21,22)23;1-2/h4,6-7,10-11H,5,8-9H2,1-3H3;3,5-6,9,11H,4,7-8,10H2,1-2H3;1H3. The van der Waals surface area contributed by atoms with Crippen molar-refractivity contribution in [3.63, 3.8) is 0 Å². The van der Waals surface area contributed by atoms with E-state index in [0.29, 0.717) is 45.6 Å². The predicted molar refractivity (Wildman–Crippen MR) is 228 cm³/mol. The molecule has 0 amide bonds. The first-order valence-electron chi connectivity index (χ1n) is 18.8. The minimum atomic E-state index is -4.83. The van der Waals surface area contributed by atoms with Gasteiger partial charge in [-0.1, -0.05) is 46.9 Å². The zero-order valence-electron chi connectivity index (χ0n) is 34.7. The molecule has 6 rings (SSSR count). The SMILES string of the molecule is CC(=O)OCCCn1c(=O)c2c(cc(-c3cccc(OC(F)(F)F)c3)n2C)n(C)c1=O.CC(=O)OCCCn1c(=O)c2c(n(C)c1=O)C=C(c1cccc(OC(F)(F)F)c1)C2.CI. The van der Waals surface area contributed by atoms with Gasteiger partial charge in [0.2, 0.25) is 0 Å². The summed E-state index contributed by atoms with van der Waals surface area (Å²) in [5, 5.41) is 0. The Balaban J connectivity index is 0.000000266. The fourth-order valence-corrected chi connectivity index (χ4v) is 6.68. The number of carbonyl (C=O) groups is 2. The molecule has 1 aliphatic rings. The average molecular weight is 1010 g/mol. The lowest BCUT2D eigenvalue weighted by molar-refractivity contribution is -0.275. The molecule has 0 aliphatic heterocycles. The Kier molecular flexibility index (Phi) is 16.4. The molecule has 3 aromatic heterocycles. The molecule has 0 N–H and O–H groups in total. The maximum atomic E-state index is 13.0. The third-order valence-corrected chi connectivity index (χ3v) is 9.37. The normalized spacial score (nSPS) is 12.0. The van der Waals surface area contributed by atoms with Crippen LogP contribution < -0.4 is 32.0 Å². The number of carbonyl (C=O) groups excluding carboxylic acids is 2. The molecule has 1 aliphatic carbocycles. The molecular weight excluding hydrogens is 963 g/mol. The van der Waals surface area contributed by atoms with Gasteiger partial charge in [-0.25, -0.2) is 9.59 Å². The Labute approximate surface area is 367 Å². The van der Waals surface area contributed by atoms with E-state index >= 15 is 0 Å². The third-order valence-electron chi connectivity index (χ3n) is 9.37. The lowest BCUT2D eigenvalue weighted by Crippen LogP contribution is -2.41. The number of allylic oxidation sites excluding steroid dienone is 1. The minimum absolute atomic E-state index is 0.0458. The van der Waals surface area contributed by atoms with Gasteiger partial charge in [0, 0.05) is 65.6 Å². The molecule has 0 saturated carbocycles. The van der Waals surface area contributed by atoms with Crippen LogP contribution in [0, 0.1) is 0 Å². The van der Waals surface area contributed by atoms with Gasteiger partial charge in [-0.2, -0.15) is 0 Å². The molecule has 22 heteroatoms. The number of aryl methyl sites for hydroxylation is 2. The molecule has 3 heterocycles. The van der Waals surface area contributed by atoms with Crippen LogP contribution in [0.15, 0.2) is 73.8 Å². The van der Waals surface area contributed by atoms with E-state index < -0.39 is 52.9 Å². The molecule has 63 heavy (non-hydrogen) atoms. The van der Waals surface area contributed by atoms with Gasteiger partial charge in [-0.3, -0.25) is 37.4 Å². The first kappa shape index (κ1) is 49.6. The molecular formula is C41H42F6IN5O10. The average Bonchev–Trinajstić information content (AvgIpc) is 3.81. The fraction of sp³-hybridized carbons (Fsp3) is 0.366. The van der Waals surface area contributed by atoms with Crippen LogP contribution in [0.1, 0.15) is 43.5 Å². The van der Waals surface area contributed by atoms with Crippen LogP contribution in [-0.4, -0.2) is 65.6 Å². The van der Waals surface area contributed by atoms with Crippen molar-refractivity contribution < 1.29 is 54.9 Å². The summed E-state index contributed by atoms with van der Waals surface area (Å²) in [4.78, 5) is 74.7. The number of hydrogen-bond acceptors (Lipinski definition) is 10.